The molecule has 0 aliphatic carbocycles. The van der Waals surface area contributed by atoms with E-state index in [0.717, 1.165) is 28.0 Å². The normalized spacial score (nSPS) is 17.2. The second-order valence-electron chi connectivity index (χ2n) is 7.12. The quantitative estimate of drug-likeness (QED) is 0.463. The maximum Gasteiger partial charge on any atom is 0.230 e. The Labute approximate surface area is 179 Å². The fraction of sp³-hybridized carbons (Fsp3) is 0.300. The van der Waals surface area contributed by atoms with Crippen LogP contribution in [-0.4, -0.2) is 48.9 Å². The third-order valence-corrected chi connectivity index (χ3v) is 6.78. The Bertz CT molecular complexity index is 1130. The van der Waals surface area contributed by atoms with Gasteiger partial charge in [0.05, 0.1) is 23.3 Å². The first-order chi connectivity index (χ1) is 14.1. The molecule has 2 N–H and O–H groups in total. The fourth-order valence-electron chi connectivity index (χ4n) is 3.79. The topological polar surface area (TPSA) is 87.0 Å². The van der Waals surface area contributed by atoms with Crippen molar-refractivity contribution in [1.29, 1.82) is 0 Å². The smallest absolute Gasteiger partial charge is 0.230 e. The predicted molar refractivity (Wildman–Crippen MR) is 113 cm³/mol. The number of halogens is 1. The molecule has 1 aliphatic heterocycles. The summed E-state index contributed by atoms with van der Waals surface area (Å²) in [5, 5.41) is 25.4. The second kappa shape index (κ2) is 7.56. The van der Waals surface area contributed by atoms with Crippen LogP contribution in [0.3, 0.4) is 0 Å². The van der Waals surface area contributed by atoms with Crippen LogP contribution in [0.2, 0.25) is 0 Å². The van der Waals surface area contributed by atoms with Crippen molar-refractivity contribution in [1.82, 2.24) is 19.5 Å². The van der Waals surface area contributed by atoms with Crippen LogP contribution in [0.5, 0.6) is 5.88 Å². The number of aromatic nitrogens is 3. The molecule has 0 bridgehead atoms. The van der Waals surface area contributed by atoms with E-state index < -0.39 is 0 Å². The number of aromatic hydroxyl groups is 1. The summed E-state index contributed by atoms with van der Waals surface area (Å²) in [5.41, 5.74) is 1.07. The lowest BCUT2D eigenvalue weighted by atomic mass is 9.99. The zero-order chi connectivity index (χ0) is 20.0. The zero-order valence-electron chi connectivity index (χ0n) is 15.4. The van der Waals surface area contributed by atoms with E-state index in [0.29, 0.717) is 29.4 Å². The molecular formula is C20H19BrN4O3S. The van der Waals surface area contributed by atoms with Crippen molar-refractivity contribution in [3.8, 4) is 17.5 Å². The minimum atomic E-state index is -0.263. The van der Waals surface area contributed by atoms with Gasteiger partial charge in [0, 0.05) is 17.6 Å². The highest BCUT2D eigenvalue weighted by molar-refractivity contribution is 9.10. The molecule has 0 saturated carbocycles. The van der Waals surface area contributed by atoms with Gasteiger partial charge >= 0.3 is 0 Å². The van der Waals surface area contributed by atoms with E-state index in [9.17, 15) is 10.2 Å². The molecule has 4 heterocycles. The summed E-state index contributed by atoms with van der Waals surface area (Å²) < 4.78 is 7.83. The summed E-state index contributed by atoms with van der Waals surface area (Å²) in [5.74, 6) is 1.10. The zero-order valence-corrected chi connectivity index (χ0v) is 17.8. The average molecular weight is 475 g/mol. The highest BCUT2D eigenvalue weighted by Gasteiger charge is 2.32. The van der Waals surface area contributed by atoms with E-state index in [2.05, 4.69) is 43.0 Å². The van der Waals surface area contributed by atoms with Crippen molar-refractivity contribution in [3.63, 3.8) is 0 Å². The summed E-state index contributed by atoms with van der Waals surface area (Å²) in [6.07, 6.45) is 2.74. The van der Waals surface area contributed by atoms with Crippen LogP contribution >= 0.6 is 27.3 Å². The average Bonchev–Trinajstić information content (AvgIpc) is 3.43. The molecule has 1 fully saturated rings. The molecule has 1 saturated heterocycles. The monoisotopic (exact) mass is 474 g/mol. The molecule has 150 valence electrons. The van der Waals surface area contributed by atoms with Crippen LogP contribution in [0.25, 0.3) is 16.5 Å². The van der Waals surface area contributed by atoms with Gasteiger partial charge in [0.15, 0.2) is 5.76 Å². The molecule has 9 heteroatoms. The Morgan fingerprint density at radius 3 is 2.72 bits per heavy atom. The van der Waals surface area contributed by atoms with E-state index in [1.165, 1.54) is 15.9 Å². The van der Waals surface area contributed by atoms with Gasteiger partial charge in [-0.05, 0) is 42.7 Å². The Balaban J connectivity index is 1.59. The molecule has 0 unspecified atom stereocenters. The second-order valence-corrected chi connectivity index (χ2v) is 9.05. The van der Waals surface area contributed by atoms with E-state index in [-0.39, 0.29) is 18.0 Å². The first-order valence-corrected chi connectivity index (χ1v) is 11.0. The summed E-state index contributed by atoms with van der Waals surface area (Å²) in [6, 6.07) is 11.5. The van der Waals surface area contributed by atoms with Crippen molar-refractivity contribution in [2.24, 2.45) is 0 Å². The number of furan rings is 1. The lowest BCUT2D eigenvalue weighted by molar-refractivity contribution is 0.0689. The molecule has 4 aromatic rings. The number of aliphatic hydroxyl groups is 1. The molecule has 1 aromatic carbocycles. The van der Waals surface area contributed by atoms with Gasteiger partial charge in [0.1, 0.15) is 0 Å². The number of nitrogens with zero attached hydrogens (tertiary/aromatic N) is 4. The van der Waals surface area contributed by atoms with E-state index >= 15 is 0 Å². The largest absolute Gasteiger partial charge is 0.492 e. The van der Waals surface area contributed by atoms with Crippen molar-refractivity contribution < 1.29 is 14.6 Å². The number of hydrogen-bond acceptors (Lipinski definition) is 7. The first-order valence-electron chi connectivity index (χ1n) is 9.40. The van der Waals surface area contributed by atoms with Crippen LogP contribution in [0.15, 0.2) is 51.6 Å². The summed E-state index contributed by atoms with van der Waals surface area (Å²) in [6.45, 7) is 1.51. The number of likely N-dealkylation sites (tertiary alicyclic amines) is 1. The number of piperidine rings is 1. The lowest BCUT2D eigenvalue weighted by Crippen LogP contribution is -2.38. The summed E-state index contributed by atoms with van der Waals surface area (Å²) in [7, 11) is 0. The van der Waals surface area contributed by atoms with Crippen LogP contribution in [-0.2, 0) is 0 Å². The Morgan fingerprint density at radius 1 is 1.21 bits per heavy atom. The molecule has 5 rings (SSSR count). The van der Waals surface area contributed by atoms with Gasteiger partial charge in [0.2, 0.25) is 16.7 Å². The molecule has 7 nitrogen and oxygen atoms in total. The molecule has 3 aromatic heterocycles. The van der Waals surface area contributed by atoms with Gasteiger partial charge in [0.25, 0.3) is 0 Å². The summed E-state index contributed by atoms with van der Waals surface area (Å²) in [4.78, 5) is 8.24. The van der Waals surface area contributed by atoms with Crippen LogP contribution in [0, 0.1) is 0 Å². The molecule has 1 atom stereocenters. The van der Waals surface area contributed by atoms with Gasteiger partial charge in [-0.2, -0.15) is 9.50 Å². The third-order valence-electron chi connectivity index (χ3n) is 5.22. The Kier molecular flexibility index (Phi) is 4.91. The number of rotatable bonds is 4. The molecular weight excluding hydrogens is 456 g/mol. The lowest BCUT2D eigenvalue weighted by Gasteiger charge is -2.36. The number of thiazole rings is 1. The van der Waals surface area contributed by atoms with Gasteiger partial charge in [-0.3, -0.25) is 4.90 Å². The highest BCUT2D eigenvalue weighted by Crippen LogP contribution is 2.41. The molecule has 0 amide bonds. The van der Waals surface area contributed by atoms with Crippen LogP contribution in [0.1, 0.15) is 29.3 Å². The maximum atomic E-state index is 11.0. The van der Waals surface area contributed by atoms with E-state index in [1.54, 1.807) is 18.4 Å². The molecule has 29 heavy (non-hydrogen) atoms. The first kappa shape index (κ1) is 18.8. The van der Waals surface area contributed by atoms with Gasteiger partial charge in [-0.15, -0.1) is 5.10 Å². The van der Waals surface area contributed by atoms with Crippen LogP contribution in [0.4, 0.5) is 0 Å². The van der Waals surface area contributed by atoms with Crippen molar-refractivity contribution in [2.75, 3.05) is 13.1 Å². The van der Waals surface area contributed by atoms with Crippen molar-refractivity contribution in [3.05, 3.63) is 57.6 Å². The van der Waals surface area contributed by atoms with E-state index in [1.807, 2.05) is 12.1 Å². The minimum Gasteiger partial charge on any atom is -0.492 e. The summed E-state index contributed by atoms with van der Waals surface area (Å²) >= 11 is 4.98. The van der Waals surface area contributed by atoms with Gasteiger partial charge < -0.3 is 14.6 Å². The number of benzene rings is 1. The third kappa shape index (κ3) is 3.48. The van der Waals surface area contributed by atoms with Gasteiger partial charge in [-0.25, -0.2) is 0 Å². The molecule has 0 radical (unpaired) electrons. The Morgan fingerprint density at radius 2 is 2.03 bits per heavy atom. The van der Waals surface area contributed by atoms with E-state index in [4.69, 9.17) is 4.42 Å². The standard InChI is InChI=1S/C20H19BrN4O3S/c21-13-4-1-3-12(11-13)16(24-8-6-14(26)7-9-24)17-19(27)25-20(29-17)22-18(23-25)15-5-2-10-28-15/h1-5,10-11,14,16,26-27H,6-9H2/t16-/m1/s1. The number of hydrogen-bond donors (Lipinski definition) is 2. The minimum absolute atomic E-state index is 0.0893. The number of fused-ring (bicyclic) bond motifs is 1. The molecule has 1 aliphatic rings. The number of aliphatic hydroxyl groups excluding tert-OH is 1. The molecule has 0 spiro atoms. The van der Waals surface area contributed by atoms with Crippen molar-refractivity contribution >= 4 is 32.2 Å². The predicted octanol–water partition coefficient (Wildman–Crippen LogP) is 4.07. The highest BCUT2D eigenvalue weighted by atomic mass is 79.9. The van der Waals surface area contributed by atoms with Crippen molar-refractivity contribution in [2.45, 2.75) is 25.0 Å². The van der Waals surface area contributed by atoms with Crippen LogP contribution < -0.4 is 0 Å². The maximum absolute atomic E-state index is 11.0. The fourth-order valence-corrected chi connectivity index (χ4v) is 5.32. The Hall–Kier alpha value is -2.20. The SMILES string of the molecule is Oc1c([C@@H](c2cccc(Br)c2)N2CCC(O)CC2)sc2nc(-c3ccco3)nn12. The van der Waals surface area contributed by atoms with Gasteiger partial charge in [-0.1, -0.05) is 39.4 Å².